The zero-order valence-electron chi connectivity index (χ0n) is 8.33. The maximum absolute atomic E-state index is 13.4. The number of pyridine rings is 1. The molecule has 0 amide bonds. The quantitative estimate of drug-likeness (QED) is 0.815. The minimum Gasteiger partial charge on any atom is -0.494 e. The molecule has 0 fully saturated rings. The highest BCUT2D eigenvalue weighted by Crippen LogP contribution is 2.25. The van der Waals surface area contributed by atoms with E-state index in [1.165, 1.54) is 13.2 Å². The molecule has 78 valence electrons. The molecule has 0 saturated heterocycles. The van der Waals surface area contributed by atoms with Crippen molar-refractivity contribution in [1.82, 2.24) is 4.98 Å². The number of rotatable bonds is 2. The third-order valence-electron chi connectivity index (χ3n) is 2.31. The summed E-state index contributed by atoms with van der Waals surface area (Å²) in [5.41, 5.74) is 6.21. The van der Waals surface area contributed by atoms with Gasteiger partial charge in [0.2, 0.25) is 0 Å². The SMILES string of the molecule is COc1cc2ccnc(CN)c2cc1F. The van der Waals surface area contributed by atoms with E-state index in [0.29, 0.717) is 12.2 Å². The van der Waals surface area contributed by atoms with Crippen molar-refractivity contribution >= 4 is 10.8 Å². The van der Waals surface area contributed by atoms with Crippen LogP contribution in [0.25, 0.3) is 10.8 Å². The molecule has 2 N–H and O–H groups in total. The fourth-order valence-electron chi connectivity index (χ4n) is 1.55. The summed E-state index contributed by atoms with van der Waals surface area (Å²) < 4.78 is 18.3. The fraction of sp³-hybridized carbons (Fsp3) is 0.182. The Morgan fingerprint density at radius 1 is 1.47 bits per heavy atom. The summed E-state index contributed by atoms with van der Waals surface area (Å²) >= 11 is 0. The molecule has 1 aromatic heterocycles. The largest absolute Gasteiger partial charge is 0.494 e. The molecule has 1 aromatic carbocycles. The number of hydrogen-bond donors (Lipinski definition) is 1. The number of aromatic nitrogens is 1. The van der Waals surface area contributed by atoms with Gasteiger partial charge in [-0.2, -0.15) is 0 Å². The minimum absolute atomic E-state index is 0.233. The third kappa shape index (κ3) is 1.64. The highest BCUT2D eigenvalue weighted by Gasteiger charge is 2.07. The summed E-state index contributed by atoms with van der Waals surface area (Å²) in [5, 5.41) is 1.61. The van der Waals surface area contributed by atoms with Crippen molar-refractivity contribution in [3.8, 4) is 5.75 Å². The van der Waals surface area contributed by atoms with Gasteiger partial charge in [-0.1, -0.05) is 0 Å². The second kappa shape index (κ2) is 3.82. The smallest absolute Gasteiger partial charge is 0.165 e. The van der Waals surface area contributed by atoms with E-state index in [0.717, 1.165) is 10.8 Å². The Labute approximate surface area is 86.7 Å². The second-order valence-electron chi connectivity index (χ2n) is 3.17. The van der Waals surface area contributed by atoms with Crippen molar-refractivity contribution in [2.75, 3.05) is 7.11 Å². The average Bonchev–Trinajstić information content (AvgIpc) is 2.27. The van der Waals surface area contributed by atoms with E-state index in [9.17, 15) is 4.39 Å². The summed E-state index contributed by atoms with van der Waals surface area (Å²) in [7, 11) is 1.44. The molecule has 15 heavy (non-hydrogen) atoms. The van der Waals surface area contributed by atoms with Gasteiger partial charge >= 0.3 is 0 Å². The molecule has 2 rings (SSSR count). The Kier molecular flexibility index (Phi) is 2.51. The first-order chi connectivity index (χ1) is 7.26. The number of benzene rings is 1. The molecule has 0 radical (unpaired) electrons. The van der Waals surface area contributed by atoms with E-state index in [-0.39, 0.29) is 5.75 Å². The Balaban J connectivity index is 2.74. The van der Waals surface area contributed by atoms with E-state index >= 15 is 0 Å². The molecule has 0 atom stereocenters. The van der Waals surface area contributed by atoms with Crippen LogP contribution in [0.4, 0.5) is 4.39 Å². The zero-order valence-corrected chi connectivity index (χ0v) is 8.33. The molecule has 3 nitrogen and oxygen atoms in total. The van der Waals surface area contributed by atoms with Gasteiger partial charge in [-0.15, -0.1) is 0 Å². The summed E-state index contributed by atoms with van der Waals surface area (Å²) in [6.07, 6.45) is 1.65. The summed E-state index contributed by atoms with van der Waals surface area (Å²) in [4.78, 5) is 4.09. The highest BCUT2D eigenvalue weighted by molar-refractivity contribution is 5.85. The summed E-state index contributed by atoms with van der Waals surface area (Å²) in [6.45, 7) is 0.295. The summed E-state index contributed by atoms with van der Waals surface area (Å²) in [5.74, 6) is -0.163. The Morgan fingerprint density at radius 3 is 2.93 bits per heavy atom. The lowest BCUT2D eigenvalue weighted by Crippen LogP contribution is -2.00. The normalized spacial score (nSPS) is 10.6. The number of halogens is 1. The lowest BCUT2D eigenvalue weighted by Gasteiger charge is -2.06. The highest BCUT2D eigenvalue weighted by atomic mass is 19.1. The molecule has 0 aliphatic rings. The maximum Gasteiger partial charge on any atom is 0.165 e. The van der Waals surface area contributed by atoms with Gasteiger partial charge in [-0.05, 0) is 23.6 Å². The van der Waals surface area contributed by atoms with Crippen LogP contribution in [0.5, 0.6) is 5.75 Å². The zero-order chi connectivity index (χ0) is 10.8. The van der Waals surface area contributed by atoms with E-state index in [4.69, 9.17) is 10.5 Å². The van der Waals surface area contributed by atoms with Gasteiger partial charge in [-0.3, -0.25) is 4.98 Å². The number of methoxy groups -OCH3 is 1. The number of nitrogens with zero attached hydrogens (tertiary/aromatic N) is 1. The monoisotopic (exact) mass is 206 g/mol. The fourth-order valence-corrected chi connectivity index (χ4v) is 1.55. The molecule has 0 bridgehead atoms. The topological polar surface area (TPSA) is 48.1 Å². The first kappa shape index (κ1) is 9.86. The van der Waals surface area contributed by atoms with Crippen LogP contribution in [0.1, 0.15) is 5.69 Å². The predicted molar refractivity (Wildman–Crippen MR) is 56.1 cm³/mol. The lowest BCUT2D eigenvalue weighted by molar-refractivity contribution is 0.387. The van der Waals surface area contributed by atoms with Crippen molar-refractivity contribution in [3.63, 3.8) is 0 Å². The van der Waals surface area contributed by atoms with Gasteiger partial charge in [0.05, 0.1) is 12.8 Å². The van der Waals surface area contributed by atoms with Crippen molar-refractivity contribution < 1.29 is 9.13 Å². The van der Waals surface area contributed by atoms with Gasteiger partial charge in [-0.25, -0.2) is 4.39 Å². The molecule has 0 aliphatic heterocycles. The van der Waals surface area contributed by atoms with E-state index < -0.39 is 5.82 Å². The van der Waals surface area contributed by atoms with Crippen molar-refractivity contribution in [2.45, 2.75) is 6.54 Å². The van der Waals surface area contributed by atoms with Crippen LogP contribution in [-0.2, 0) is 6.54 Å². The second-order valence-corrected chi connectivity index (χ2v) is 3.17. The third-order valence-corrected chi connectivity index (χ3v) is 2.31. The lowest BCUT2D eigenvalue weighted by atomic mass is 10.1. The van der Waals surface area contributed by atoms with Gasteiger partial charge in [0.15, 0.2) is 11.6 Å². The summed E-state index contributed by atoms with van der Waals surface area (Å²) in [6, 6.07) is 4.85. The van der Waals surface area contributed by atoms with Crippen molar-refractivity contribution in [2.24, 2.45) is 5.73 Å². The molecule has 0 saturated carbocycles. The number of nitrogens with two attached hydrogens (primary N) is 1. The van der Waals surface area contributed by atoms with E-state index in [2.05, 4.69) is 4.98 Å². The molecular formula is C11H11FN2O. The molecule has 2 aromatic rings. The van der Waals surface area contributed by atoms with E-state index in [1.807, 2.05) is 0 Å². The van der Waals surface area contributed by atoms with Crippen LogP contribution in [0.15, 0.2) is 24.4 Å². The Bertz CT molecular complexity index is 499. The van der Waals surface area contributed by atoms with Crippen molar-refractivity contribution in [1.29, 1.82) is 0 Å². The Morgan fingerprint density at radius 2 is 2.27 bits per heavy atom. The number of fused-ring (bicyclic) bond motifs is 1. The molecule has 4 heteroatoms. The van der Waals surface area contributed by atoms with Gasteiger partial charge in [0.25, 0.3) is 0 Å². The van der Waals surface area contributed by atoms with Crippen LogP contribution in [0.3, 0.4) is 0 Å². The van der Waals surface area contributed by atoms with Crippen LogP contribution in [0.2, 0.25) is 0 Å². The maximum atomic E-state index is 13.4. The van der Waals surface area contributed by atoms with Crippen molar-refractivity contribution in [3.05, 3.63) is 35.9 Å². The van der Waals surface area contributed by atoms with Gasteiger partial charge in [0, 0.05) is 18.1 Å². The molecule has 0 spiro atoms. The Hall–Kier alpha value is -1.68. The standard InChI is InChI=1S/C11H11FN2O/c1-15-11-4-7-2-3-14-10(6-13)8(7)5-9(11)12/h2-5H,6,13H2,1H3. The van der Waals surface area contributed by atoms with Crippen LogP contribution in [0, 0.1) is 5.82 Å². The van der Waals surface area contributed by atoms with Crippen LogP contribution < -0.4 is 10.5 Å². The molecule has 0 unspecified atom stereocenters. The average molecular weight is 206 g/mol. The first-order valence-corrected chi connectivity index (χ1v) is 4.57. The van der Waals surface area contributed by atoms with Crippen LogP contribution in [-0.4, -0.2) is 12.1 Å². The van der Waals surface area contributed by atoms with Gasteiger partial charge in [0.1, 0.15) is 0 Å². The molecule has 0 aliphatic carbocycles. The van der Waals surface area contributed by atoms with Crippen LogP contribution >= 0.6 is 0 Å². The number of ether oxygens (including phenoxy) is 1. The van der Waals surface area contributed by atoms with Gasteiger partial charge < -0.3 is 10.5 Å². The molecule has 1 heterocycles. The predicted octanol–water partition coefficient (Wildman–Crippen LogP) is 1.84. The van der Waals surface area contributed by atoms with E-state index in [1.54, 1.807) is 18.3 Å². The minimum atomic E-state index is -0.396. The number of hydrogen-bond acceptors (Lipinski definition) is 3. The first-order valence-electron chi connectivity index (χ1n) is 4.57. The molecular weight excluding hydrogens is 195 g/mol.